The normalized spacial score (nSPS) is 17.2. The summed E-state index contributed by atoms with van der Waals surface area (Å²) >= 11 is 0. The number of nitrogens with zero attached hydrogens (tertiary/aromatic N) is 2. The van der Waals surface area contributed by atoms with Crippen LogP contribution in [0, 0.1) is 5.92 Å². The van der Waals surface area contributed by atoms with Gasteiger partial charge >= 0.3 is 0 Å². The molecule has 4 rings (SSSR count). The number of fused-ring (bicyclic) bond motifs is 1. The summed E-state index contributed by atoms with van der Waals surface area (Å²) in [6.45, 7) is 1.12. The van der Waals surface area contributed by atoms with Crippen molar-refractivity contribution in [1.82, 2.24) is 14.9 Å². The first kappa shape index (κ1) is 16.3. The van der Waals surface area contributed by atoms with Crippen molar-refractivity contribution in [2.45, 2.75) is 12.8 Å². The first-order valence-corrected chi connectivity index (χ1v) is 8.79. The van der Waals surface area contributed by atoms with Crippen molar-refractivity contribution in [3.8, 4) is 0 Å². The number of anilines is 1. The highest BCUT2D eigenvalue weighted by Gasteiger charge is 2.29. The second kappa shape index (κ2) is 7.00. The Kier molecular flexibility index (Phi) is 4.39. The predicted molar refractivity (Wildman–Crippen MR) is 99.8 cm³/mol. The summed E-state index contributed by atoms with van der Waals surface area (Å²) in [5.41, 5.74) is 3.07. The lowest BCUT2D eigenvalue weighted by atomic mass is 9.96. The number of imidazole rings is 1. The molecule has 6 nitrogen and oxygen atoms in total. The van der Waals surface area contributed by atoms with Gasteiger partial charge in [-0.15, -0.1) is 0 Å². The molecule has 0 aliphatic carbocycles. The number of aromatic amines is 1. The minimum absolute atomic E-state index is 0.0299. The lowest BCUT2D eigenvalue weighted by Crippen LogP contribution is -2.43. The van der Waals surface area contributed by atoms with Crippen molar-refractivity contribution in [1.29, 1.82) is 0 Å². The summed E-state index contributed by atoms with van der Waals surface area (Å²) in [6.07, 6.45) is 3.23. The number of para-hydroxylation sites is 1. The van der Waals surface area contributed by atoms with Gasteiger partial charge in [0.15, 0.2) is 0 Å². The molecule has 1 aliphatic heterocycles. The van der Waals surface area contributed by atoms with Crippen molar-refractivity contribution in [3.05, 3.63) is 60.4 Å². The third kappa shape index (κ3) is 3.31. The number of hydrogen-bond acceptors (Lipinski definition) is 3. The van der Waals surface area contributed by atoms with E-state index in [-0.39, 0.29) is 17.7 Å². The number of H-pyrrole nitrogens is 1. The fourth-order valence-corrected chi connectivity index (χ4v) is 3.39. The molecule has 2 amide bonds. The number of amides is 2. The molecule has 0 radical (unpaired) electrons. The molecule has 2 heterocycles. The van der Waals surface area contributed by atoms with Gasteiger partial charge in [0.2, 0.25) is 5.91 Å². The van der Waals surface area contributed by atoms with E-state index in [4.69, 9.17) is 0 Å². The van der Waals surface area contributed by atoms with E-state index in [9.17, 15) is 9.59 Å². The van der Waals surface area contributed by atoms with Crippen LogP contribution in [0.3, 0.4) is 0 Å². The molecule has 3 aromatic rings. The lowest BCUT2D eigenvalue weighted by molar-refractivity contribution is -0.121. The van der Waals surface area contributed by atoms with E-state index in [0.717, 1.165) is 29.6 Å². The summed E-state index contributed by atoms with van der Waals surface area (Å²) in [7, 11) is 0. The second-order valence-electron chi connectivity index (χ2n) is 6.58. The van der Waals surface area contributed by atoms with Gasteiger partial charge in [-0.05, 0) is 43.2 Å². The molecule has 1 saturated heterocycles. The monoisotopic (exact) mass is 348 g/mol. The molecule has 1 aliphatic rings. The third-order valence-corrected chi connectivity index (χ3v) is 4.79. The zero-order valence-electron chi connectivity index (χ0n) is 14.3. The average molecular weight is 348 g/mol. The number of rotatable bonds is 3. The first-order valence-electron chi connectivity index (χ1n) is 8.79. The SMILES string of the molecule is O=C(Nc1ccccc1)[C@@H]1CCCN(C(=O)c2ccc3nc[nH]c3c2)C1. The standard InChI is InChI=1S/C20H20N4O2/c25-19(23-16-6-2-1-3-7-16)15-5-4-10-24(12-15)20(26)14-8-9-17-18(11-14)22-13-21-17/h1-3,6-9,11,13,15H,4-5,10,12H2,(H,21,22)(H,23,25)/t15-/m1/s1. The molecular weight excluding hydrogens is 328 g/mol. The van der Waals surface area contributed by atoms with Crippen molar-refractivity contribution in [3.63, 3.8) is 0 Å². The van der Waals surface area contributed by atoms with E-state index in [0.29, 0.717) is 18.7 Å². The molecule has 1 atom stereocenters. The summed E-state index contributed by atoms with van der Waals surface area (Å²) in [6, 6.07) is 14.9. The fraction of sp³-hybridized carbons (Fsp3) is 0.250. The van der Waals surface area contributed by atoms with Crippen molar-refractivity contribution in [2.75, 3.05) is 18.4 Å². The van der Waals surface area contributed by atoms with Gasteiger partial charge in [0.05, 0.1) is 23.3 Å². The quantitative estimate of drug-likeness (QED) is 0.764. The average Bonchev–Trinajstić information content (AvgIpc) is 3.16. The molecular formula is C20H20N4O2. The number of hydrogen-bond donors (Lipinski definition) is 2. The second-order valence-corrected chi connectivity index (χ2v) is 6.58. The van der Waals surface area contributed by atoms with Crippen LogP contribution in [0.1, 0.15) is 23.2 Å². The highest BCUT2D eigenvalue weighted by molar-refractivity contribution is 5.98. The Morgan fingerprint density at radius 1 is 1.15 bits per heavy atom. The Morgan fingerprint density at radius 3 is 2.85 bits per heavy atom. The van der Waals surface area contributed by atoms with E-state index in [1.807, 2.05) is 42.5 Å². The van der Waals surface area contributed by atoms with Crippen LogP contribution in [0.5, 0.6) is 0 Å². The highest BCUT2D eigenvalue weighted by Crippen LogP contribution is 2.21. The van der Waals surface area contributed by atoms with Crippen LogP contribution in [0.2, 0.25) is 0 Å². The number of benzene rings is 2. The maximum absolute atomic E-state index is 12.9. The Labute approximate surface area is 151 Å². The first-order chi connectivity index (χ1) is 12.7. The molecule has 2 N–H and O–H groups in total. The highest BCUT2D eigenvalue weighted by atomic mass is 16.2. The van der Waals surface area contributed by atoms with E-state index in [1.54, 1.807) is 17.3 Å². The number of nitrogens with one attached hydrogen (secondary N) is 2. The smallest absolute Gasteiger partial charge is 0.253 e. The maximum atomic E-state index is 12.9. The largest absolute Gasteiger partial charge is 0.345 e. The topological polar surface area (TPSA) is 78.1 Å². The molecule has 2 aromatic carbocycles. The van der Waals surface area contributed by atoms with Crippen LogP contribution in [0.15, 0.2) is 54.9 Å². The van der Waals surface area contributed by atoms with Crippen LogP contribution < -0.4 is 5.32 Å². The van der Waals surface area contributed by atoms with Gasteiger partial charge in [-0.1, -0.05) is 18.2 Å². The van der Waals surface area contributed by atoms with Gasteiger partial charge in [0.25, 0.3) is 5.91 Å². The van der Waals surface area contributed by atoms with Crippen molar-refractivity contribution < 1.29 is 9.59 Å². The summed E-state index contributed by atoms with van der Waals surface area (Å²) < 4.78 is 0. The van der Waals surface area contributed by atoms with E-state index in [2.05, 4.69) is 15.3 Å². The summed E-state index contributed by atoms with van der Waals surface area (Å²) in [5.74, 6) is -0.264. The van der Waals surface area contributed by atoms with E-state index >= 15 is 0 Å². The van der Waals surface area contributed by atoms with Crippen LogP contribution in [-0.2, 0) is 4.79 Å². The number of carbonyl (C=O) groups is 2. The maximum Gasteiger partial charge on any atom is 0.253 e. The summed E-state index contributed by atoms with van der Waals surface area (Å²) in [4.78, 5) is 34.4. The van der Waals surface area contributed by atoms with E-state index in [1.165, 1.54) is 0 Å². The van der Waals surface area contributed by atoms with Crippen molar-refractivity contribution in [2.24, 2.45) is 5.92 Å². The van der Waals surface area contributed by atoms with Gasteiger partial charge in [-0.2, -0.15) is 0 Å². The van der Waals surface area contributed by atoms with Gasteiger partial charge in [-0.25, -0.2) is 4.98 Å². The molecule has 6 heteroatoms. The molecule has 0 unspecified atom stereocenters. The number of piperidine rings is 1. The number of aromatic nitrogens is 2. The Bertz CT molecular complexity index is 935. The Hall–Kier alpha value is -3.15. The van der Waals surface area contributed by atoms with E-state index < -0.39 is 0 Å². The molecule has 0 bridgehead atoms. The number of carbonyl (C=O) groups excluding carboxylic acids is 2. The van der Waals surface area contributed by atoms with Crippen LogP contribution in [0.4, 0.5) is 5.69 Å². The molecule has 26 heavy (non-hydrogen) atoms. The molecule has 0 saturated carbocycles. The molecule has 1 aromatic heterocycles. The lowest BCUT2D eigenvalue weighted by Gasteiger charge is -2.32. The predicted octanol–water partition coefficient (Wildman–Crippen LogP) is 3.05. The summed E-state index contributed by atoms with van der Waals surface area (Å²) in [5, 5.41) is 2.94. The van der Waals surface area contributed by atoms with Gasteiger partial charge in [-0.3, -0.25) is 9.59 Å². The zero-order chi connectivity index (χ0) is 17.9. The minimum atomic E-state index is -0.191. The van der Waals surface area contributed by atoms with Crippen LogP contribution in [-0.4, -0.2) is 39.8 Å². The molecule has 0 spiro atoms. The Morgan fingerprint density at radius 2 is 2.00 bits per heavy atom. The molecule has 132 valence electrons. The third-order valence-electron chi connectivity index (χ3n) is 4.79. The van der Waals surface area contributed by atoms with Crippen LogP contribution >= 0.6 is 0 Å². The number of likely N-dealkylation sites (tertiary alicyclic amines) is 1. The van der Waals surface area contributed by atoms with Gasteiger partial charge in [0.1, 0.15) is 0 Å². The Balaban J connectivity index is 1.45. The fourth-order valence-electron chi connectivity index (χ4n) is 3.39. The van der Waals surface area contributed by atoms with Gasteiger partial charge in [0, 0.05) is 24.3 Å². The zero-order valence-corrected chi connectivity index (χ0v) is 14.3. The molecule has 1 fully saturated rings. The van der Waals surface area contributed by atoms with Crippen LogP contribution in [0.25, 0.3) is 11.0 Å². The van der Waals surface area contributed by atoms with Crippen molar-refractivity contribution >= 4 is 28.5 Å². The minimum Gasteiger partial charge on any atom is -0.345 e. The van der Waals surface area contributed by atoms with Gasteiger partial charge < -0.3 is 15.2 Å².